The lowest BCUT2D eigenvalue weighted by Gasteiger charge is -2.25. The number of nitriles is 1. The predicted octanol–water partition coefficient (Wildman–Crippen LogP) is 0.530. The molecule has 1 aromatic carbocycles. The van der Waals surface area contributed by atoms with Gasteiger partial charge in [0.05, 0.1) is 18.2 Å². The molecule has 2 rings (SSSR count). The van der Waals surface area contributed by atoms with Gasteiger partial charge >= 0.3 is 0 Å². The fraction of sp³-hybridized carbons (Fsp3) is 0.214. The van der Waals surface area contributed by atoms with Gasteiger partial charge in [-0.2, -0.15) is 5.26 Å². The average molecular weight is 255 g/mol. The largest absolute Gasteiger partial charge is 0.353 e. The van der Waals surface area contributed by atoms with E-state index in [4.69, 9.17) is 5.26 Å². The first kappa shape index (κ1) is 12.8. The maximum atomic E-state index is 11.9. The molecular weight excluding hydrogens is 242 g/mol. The van der Waals surface area contributed by atoms with Gasteiger partial charge in [-0.1, -0.05) is 18.2 Å². The van der Waals surface area contributed by atoms with Crippen molar-refractivity contribution < 1.29 is 9.59 Å². The van der Waals surface area contributed by atoms with Crippen molar-refractivity contribution in [2.75, 3.05) is 19.6 Å². The van der Waals surface area contributed by atoms with Crippen molar-refractivity contribution in [3.8, 4) is 6.07 Å². The number of piperazine rings is 1. The van der Waals surface area contributed by atoms with Crippen LogP contribution in [0, 0.1) is 11.3 Å². The maximum Gasteiger partial charge on any atom is 0.247 e. The Balaban J connectivity index is 2.08. The second-order valence-corrected chi connectivity index (χ2v) is 4.14. The summed E-state index contributed by atoms with van der Waals surface area (Å²) in [7, 11) is 0. The van der Waals surface area contributed by atoms with Gasteiger partial charge in [-0.15, -0.1) is 0 Å². The lowest BCUT2D eigenvalue weighted by Crippen LogP contribution is -2.49. The summed E-state index contributed by atoms with van der Waals surface area (Å²) >= 11 is 0. The Morgan fingerprint density at radius 2 is 2.21 bits per heavy atom. The van der Waals surface area contributed by atoms with Crippen molar-refractivity contribution >= 4 is 17.9 Å². The monoisotopic (exact) mass is 255 g/mol. The Kier molecular flexibility index (Phi) is 3.94. The van der Waals surface area contributed by atoms with Crippen molar-refractivity contribution in [2.45, 2.75) is 0 Å². The van der Waals surface area contributed by atoms with Crippen molar-refractivity contribution in [3.05, 3.63) is 41.5 Å². The summed E-state index contributed by atoms with van der Waals surface area (Å²) in [6, 6.07) is 9.10. The van der Waals surface area contributed by atoms with E-state index in [1.54, 1.807) is 30.3 Å². The second kappa shape index (κ2) is 5.83. The molecule has 0 aromatic heterocycles. The van der Waals surface area contributed by atoms with Gasteiger partial charge < -0.3 is 10.2 Å². The van der Waals surface area contributed by atoms with Gasteiger partial charge in [-0.05, 0) is 17.7 Å². The molecule has 2 amide bonds. The topological polar surface area (TPSA) is 73.2 Å². The van der Waals surface area contributed by atoms with Crippen LogP contribution in [0.1, 0.15) is 11.1 Å². The van der Waals surface area contributed by atoms with Gasteiger partial charge in [-0.25, -0.2) is 0 Å². The normalized spacial score (nSPS) is 15.1. The Labute approximate surface area is 111 Å². The summed E-state index contributed by atoms with van der Waals surface area (Å²) in [5.41, 5.74) is 1.21. The molecular formula is C14H13N3O2. The van der Waals surface area contributed by atoms with Crippen LogP contribution in [0.25, 0.3) is 6.08 Å². The van der Waals surface area contributed by atoms with Crippen LogP contribution >= 0.6 is 0 Å². The standard InChI is InChI=1S/C14H13N3O2/c15-9-12-4-2-1-3-11(12)5-6-14(19)17-8-7-16-13(18)10-17/h1-6H,7-8,10H2,(H,16,18). The van der Waals surface area contributed by atoms with Gasteiger partial charge in [0.2, 0.25) is 11.8 Å². The predicted molar refractivity (Wildman–Crippen MR) is 69.8 cm³/mol. The molecule has 5 heteroatoms. The highest BCUT2D eigenvalue weighted by Gasteiger charge is 2.18. The number of carbonyl (C=O) groups is 2. The van der Waals surface area contributed by atoms with Crippen LogP contribution in [0.2, 0.25) is 0 Å². The molecule has 5 nitrogen and oxygen atoms in total. The Morgan fingerprint density at radius 3 is 2.95 bits per heavy atom. The van der Waals surface area contributed by atoms with Gasteiger partial charge in [-0.3, -0.25) is 9.59 Å². The summed E-state index contributed by atoms with van der Waals surface area (Å²) < 4.78 is 0. The number of amides is 2. The van der Waals surface area contributed by atoms with Crippen LogP contribution in [0.3, 0.4) is 0 Å². The molecule has 0 saturated carbocycles. The molecule has 1 saturated heterocycles. The van der Waals surface area contributed by atoms with Crippen LogP contribution in [0.5, 0.6) is 0 Å². The van der Waals surface area contributed by atoms with Crippen LogP contribution in [0.15, 0.2) is 30.3 Å². The number of hydrogen-bond donors (Lipinski definition) is 1. The molecule has 0 atom stereocenters. The first-order valence-corrected chi connectivity index (χ1v) is 5.93. The van der Waals surface area contributed by atoms with E-state index in [0.29, 0.717) is 24.2 Å². The van der Waals surface area contributed by atoms with E-state index in [2.05, 4.69) is 11.4 Å². The fourth-order valence-electron chi connectivity index (χ4n) is 1.84. The molecule has 19 heavy (non-hydrogen) atoms. The van der Waals surface area contributed by atoms with E-state index in [9.17, 15) is 9.59 Å². The van der Waals surface area contributed by atoms with Crippen molar-refractivity contribution in [3.63, 3.8) is 0 Å². The fourth-order valence-corrected chi connectivity index (χ4v) is 1.84. The van der Waals surface area contributed by atoms with Gasteiger partial charge in [0.25, 0.3) is 0 Å². The van der Waals surface area contributed by atoms with E-state index >= 15 is 0 Å². The van der Waals surface area contributed by atoms with Gasteiger partial charge in [0.1, 0.15) is 0 Å². The Bertz CT molecular complexity index is 572. The Hall–Kier alpha value is -2.61. The lowest BCUT2D eigenvalue weighted by molar-refractivity contribution is -0.134. The number of rotatable bonds is 2. The van der Waals surface area contributed by atoms with E-state index < -0.39 is 0 Å². The zero-order valence-electron chi connectivity index (χ0n) is 10.3. The highest BCUT2D eigenvalue weighted by molar-refractivity contribution is 5.95. The second-order valence-electron chi connectivity index (χ2n) is 4.14. The average Bonchev–Trinajstić information content (AvgIpc) is 2.45. The number of benzene rings is 1. The molecule has 1 heterocycles. The number of nitrogens with one attached hydrogen (secondary N) is 1. The number of carbonyl (C=O) groups excluding carboxylic acids is 2. The van der Waals surface area contributed by atoms with E-state index in [1.807, 2.05) is 0 Å². The molecule has 0 bridgehead atoms. The summed E-state index contributed by atoms with van der Waals surface area (Å²) in [5.74, 6) is -0.368. The highest BCUT2D eigenvalue weighted by Crippen LogP contribution is 2.09. The molecule has 1 aromatic rings. The zero-order chi connectivity index (χ0) is 13.7. The van der Waals surface area contributed by atoms with Crippen molar-refractivity contribution in [1.82, 2.24) is 10.2 Å². The molecule has 96 valence electrons. The molecule has 0 unspecified atom stereocenters. The molecule has 1 aliphatic heterocycles. The molecule has 1 fully saturated rings. The molecule has 1 N–H and O–H groups in total. The zero-order valence-corrected chi connectivity index (χ0v) is 10.3. The van der Waals surface area contributed by atoms with Gasteiger partial charge in [0.15, 0.2) is 0 Å². The van der Waals surface area contributed by atoms with Crippen molar-refractivity contribution in [1.29, 1.82) is 5.26 Å². The van der Waals surface area contributed by atoms with E-state index in [1.165, 1.54) is 11.0 Å². The number of hydrogen-bond acceptors (Lipinski definition) is 3. The Morgan fingerprint density at radius 1 is 1.42 bits per heavy atom. The first-order valence-electron chi connectivity index (χ1n) is 5.93. The minimum Gasteiger partial charge on any atom is -0.353 e. The molecule has 0 aliphatic carbocycles. The highest BCUT2D eigenvalue weighted by atomic mass is 16.2. The van der Waals surface area contributed by atoms with Crippen LogP contribution in [0.4, 0.5) is 0 Å². The molecule has 0 radical (unpaired) electrons. The minimum absolute atomic E-state index is 0.0864. The quantitative estimate of drug-likeness (QED) is 0.783. The van der Waals surface area contributed by atoms with Crippen LogP contribution in [-0.4, -0.2) is 36.3 Å². The van der Waals surface area contributed by atoms with Gasteiger partial charge in [0, 0.05) is 19.2 Å². The third kappa shape index (κ3) is 3.19. The third-order valence-corrected chi connectivity index (χ3v) is 2.84. The smallest absolute Gasteiger partial charge is 0.247 e. The lowest BCUT2D eigenvalue weighted by atomic mass is 10.1. The van der Waals surface area contributed by atoms with E-state index in [0.717, 1.165) is 0 Å². The summed E-state index contributed by atoms with van der Waals surface area (Å²) in [4.78, 5) is 24.5. The van der Waals surface area contributed by atoms with Crippen LogP contribution < -0.4 is 5.32 Å². The maximum absolute atomic E-state index is 11.9. The third-order valence-electron chi connectivity index (χ3n) is 2.84. The summed E-state index contributed by atoms with van der Waals surface area (Å²) in [6.45, 7) is 1.07. The van der Waals surface area contributed by atoms with E-state index in [-0.39, 0.29) is 18.4 Å². The summed E-state index contributed by atoms with van der Waals surface area (Å²) in [6.07, 6.45) is 3.00. The molecule has 0 spiro atoms. The summed E-state index contributed by atoms with van der Waals surface area (Å²) in [5, 5.41) is 11.6. The minimum atomic E-state index is -0.220. The van der Waals surface area contributed by atoms with Crippen LogP contribution in [-0.2, 0) is 9.59 Å². The first-order chi connectivity index (χ1) is 9.20. The molecule has 1 aliphatic rings. The van der Waals surface area contributed by atoms with Crippen molar-refractivity contribution in [2.24, 2.45) is 0 Å². The SMILES string of the molecule is N#Cc1ccccc1C=CC(=O)N1CCNC(=O)C1. The number of nitrogens with zero attached hydrogens (tertiary/aromatic N) is 2.